The zero-order chi connectivity index (χ0) is 17.0. The minimum Gasteiger partial charge on any atom is -0.455 e. The maximum Gasteiger partial charge on any atom is 0.365 e. The number of hydrogen-bond acceptors (Lipinski definition) is 5. The number of carbonyl (C=O) groups is 2. The molecule has 1 aromatic rings. The van der Waals surface area contributed by atoms with E-state index in [1.165, 1.54) is 0 Å². The highest BCUT2D eigenvalue weighted by Crippen LogP contribution is 2.15. The minimum atomic E-state index is -0.800. The van der Waals surface area contributed by atoms with Gasteiger partial charge < -0.3 is 9.47 Å². The standard InChI is InChI=1S/C17H23NO4/c1-16(2,3)21-14(19)13(15(20)22-17(4,5)6)18-12-10-8-7-9-11-12/h7-11H,1-6H3. The molecule has 0 atom stereocenters. The van der Waals surface area contributed by atoms with Crippen molar-refractivity contribution < 1.29 is 19.1 Å². The Morgan fingerprint density at radius 1 is 0.818 bits per heavy atom. The van der Waals surface area contributed by atoms with Gasteiger partial charge in [0.25, 0.3) is 0 Å². The van der Waals surface area contributed by atoms with Crippen LogP contribution in [0.25, 0.3) is 0 Å². The normalized spacial score (nSPS) is 11.5. The Morgan fingerprint density at radius 2 is 1.23 bits per heavy atom. The van der Waals surface area contributed by atoms with Crippen LogP contribution >= 0.6 is 0 Å². The van der Waals surface area contributed by atoms with Crippen molar-refractivity contribution in [3.8, 4) is 0 Å². The van der Waals surface area contributed by atoms with Crippen LogP contribution in [-0.4, -0.2) is 28.9 Å². The average Bonchev–Trinajstić information content (AvgIpc) is 2.32. The number of ether oxygens (including phenoxy) is 2. The smallest absolute Gasteiger partial charge is 0.365 e. The van der Waals surface area contributed by atoms with E-state index in [1.54, 1.807) is 65.8 Å². The average molecular weight is 305 g/mol. The van der Waals surface area contributed by atoms with Crippen LogP contribution in [0.5, 0.6) is 0 Å². The summed E-state index contributed by atoms with van der Waals surface area (Å²) in [4.78, 5) is 28.6. The van der Waals surface area contributed by atoms with E-state index in [2.05, 4.69) is 4.99 Å². The lowest BCUT2D eigenvalue weighted by atomic mass is 10.2. The lowest BCUT2D eigenvalue weighted by molar-refractivity contribution is -0.151. The highest BCUT2D eigenvalue weighted by atomic mass is 16.6. The van der Waals surface area contributed by atoms with Crippen molar-refractivity contribution in [1.29, 1.82) is 0 Å². The first-order valence-corrected chi connectivity index (χ1v) is 7.08. The predicted octanol–water partition coefficient (Wildman–Crippen LogP) is 3.44. The molecule has 120 valence electrons. The maximum atomic E-state index is 12.2. The Bertz CT molecular complexity index is 533. The molecule has 22 heavy (non-hydrogen) atoms. The summed E-state index contributed by atoms with van der Waals surface area (Å²) < 4.78 is 10.5. The Labute approximate surface area is 131 Å². The summed E-state index contributed by atoms with van der Waals surface area (Å²) in [6.45, 7) is 10.3. The molecule has 0 radical (unpaired) electrons. The molecule has 0 unspecified atom stereocenters. The molecule has 0 spiro atoms. The molecule has 0 amide bonds. The van der Waals surface area contributed by atoms with Gasteiger partial charge in [0.05, 0.1) is 5.69 Å². The first kappa shape index (κ1) is 17.9. The molecule has 0 saturated heterocycles. The Balaban J connectivity index is 3.13. The van der Waals surface area contributed by atoms with Gasteiger partial charge in [-0.1, -0.05) is 18.2 Å². The predicted molar refractivity (Wildman–Crippen MR) is 85.2 cm³/mol. The fraction of sp³-hybridized carbons (Fsp3) is 0.471. The van der Waals surface area contributed by atoms with Crippen molar-refractivity contribution in [2.45, 2.75) is 52.7 Å². The van der Waals surface area contributed by atoms with E-state index in [1.807, 2.05) is 6.07 Å². The second-order valence-electron chi connectivity index (χ2n) is 6.80. The quantitative estimate of drug-likeness (QED) is 0.487. The Hall–Kier alpha value is -2.17. The lowest BCUT2D eigenvalue weighted by Gasteiger charge is -2.22. The second-order valence-corrected chi connectivity index (χ2v) is 6.80. The highest BCUT2D eigenvalue weighted by molar-refractivity contribution is 6.63. The van der Waals surface area contributed by atoms with E-state index in [9.17, 15) is 9.59 Å². The largest absolute Gasteiger partial charge is 0.455 e. The molecule has 0 bridgehead atoms. The summed E-state index contributed by atoms with van der Waals surface area (Å²) in [5.74, 6) is -1.60. The van der Waals surface area contributed by atoms with E-state index >= 15 is 0 Å². The molecule has 5 heteroatoms. The number of para-hydroxylation sites is 1. The summed E-state index contributed by atoms with van der Waals surface area (Å²) in [7, 11) is 0. The third-order valence-electron chi connectivity index (χ3n) is 2.18. The van der Waals surface area contributed by atoms with Crippen LogP contribution in [0.3, 0.4) is 0 Å². The molecule has 0 N–H and O–H groups in total. The van der Waals surface area contributed by atoms with Crippen LogP contribution in [0.2, 0.25) is 0 Å². The number of carbonyl (C=O) groups excluding carboxylic acids is 2. The zero-order valence-corrected chi connectivity index (χ0v) is 14.0. The zero-order valence-electron chi connectivity index (χ0n) is 14.0. The van der Waals surface area contributed by atoms with Gasteiger partial charge in [-0.2, -0.15) is 0 Å². The van der Waals surface area contributed by atoms with E-state index in [0.29, 0.717) is 5.69 Å². The molecule has 0 aliphatic rings. The van der Waals surface area contributed by atoms with Crippen LogP contribution in [0, 0.1) is 0 Å². The number of aliphatic imine (C=N–C) groups is 1. The van der Waals surface area contributed by atoms with Gasteiger partial charge in [0.1, 0.15) is 11.2 Å². The van der Waals surface area contributed by atoms with Gasteiger partial charge in [0, 0.05) is 0 Å². The van der Waals surface area contributed by atoms with Crippen molar-refractivity contribution in [3.63, 3.8) is 0 Å². The molecule has 0 aromatic heterocycles. The van der Waals surface area contributed by atoms with Gasteiger partial charge in [-0.15, -0.1) is 0 Å². The summed E-state index contributed by atoms with van der Waals surface area (Å²) >= 11 is 0. The molecule has 5 nitrogen and oxygen atoms in total. The number of hydrogen-bond donors (Lipinski definition) is 0. The molecule has 0 aliphatic carbocycles. The van der Waals surface area contributed by atoms with Crippen LogP contribution in [0.1, 0.15) is 41.5 Å². The van der Waals surface area contributed by atoms with Crippen molar-refractivity contribution in [1.82, 2.24) is 0 Å². The Morgan fingerprint density at radius 3 is 1.59 bits per heavy atom. The van der Waals surface area contributed by atoms with Gasteiger partial charge >= 0.3 is 11.9 Å². The van der Waals surface area contributed by atoms with Gasteiger partial charge in [-0.05, 0) is 53.7 Å². The minimum absolute atomic E-state index is 0.365. The lowest BCUT2D eigenvalue weighted by Crippen LogP contribution is -2.37. The SMILES string of the molecule is CC(C)(C)OC(=O)C(=Nc1ccccc1)C(=O)OC(C)(C)C. The van der Waals surface area contributed by atoms with Crippen molar-refractivity contribution in [3.05, 3.63) is 30.3 Å². The van der Waals surface area contributed by atoms with E-state index in [4.69, 9.17) is 9.47 Å². The fourth-order valence-electron chi connectivity index (χ4n) is 1.46. The van der Waals surface area contributed by atoms with Crippen LogP contribution in [-0.2, 0) is 19.1 Å². The van der Waals surface area contributed by atoms with Gasteiger partial charge in [-0.25, -0.2) is 14.6 Å². The number of rotatable bonds is 3. The number of benzene rings is 1. The van der Waals surface area contributed by atoms with Crippen molar-refractivity contribution in [2.75, 3.05) is 0 Å². The summed E-state index contributed by atoms with van der Waals surface area (Å²) in [5, 5.41) is 0. The molecular weight excluding hydrogens is 282 g/mol. The summed E-state index contributed by atoms with van der Waals surface area (Å²) in [6, 6.07) is 8.73. The number of nitrogens with zero attached hydrogens (tertiary/aromatic N) is 1. The molecule has 0 saturated carbocycles. The molecule has 0 fully saturated rings. The van der Waals surface area contributed by atoms with Crippen LogP contribution < -0.4 is 0 Å². The first-order chi connectivity index (χ1) is 9.98. The number of esters is 2. The summed E-state index contributed by atoms with van der Waals surface area (Å²) in [6.07, 6.45) is 0. The second kappa shape index (κ2) is 6.73. The summed E-state index contributed by atoms with van der Waals surface area (Å²) in [5.41, 5.74) is -1.34. The molecule has 0 heterocycles. The molecular formula is C17H23NO4. The van der Waals surface area contributed by atoms with E-state index < -0.39 is 23.1 Å². The third-order valence-corrected chi connectivity index (χ3v) is 2.18. The molecule has 1 rings (SSSR count). The third kappa shape index (κ3) is 6.52. The van der Waals surface area contributed by atoms with Gasteiger partial charge in [0.2, 0.25) is 5.71 Å². The van der Waals surface area contributed by atoms with Gasteiger partial charge in [-0.3, -0.25) is 0 Å². The topological polar surface area (TPSA) is 65.0 Å². The monoisotopic (exact) mass is 305 g/mol. The van der Waals surface area contributed by atoms with E-state index in [0.717, 1.165) is 0 Å². The van der Waals surface area contributed by atoms with Crippen molar-refractivity contribution in [2.24, 2.45) is 4.99 Å². The highest BCUT2D eigenvalue weighted by Gasteiger charge is 2.30. The van der Waals surface area contributed by atoms with Crippen LogP contribution in [0.15, 0.2) is 35.3 Å². The first-order valence-electron chi connectivity index (χ1n) is 7.08. The molecule has 1 aromatic carbocycles. The molecule has 0 aliphatic heterocycles. The maximum absolute atomic E-state index is 12.2. The Kier molecular flexibility index (Phi) is 5.47. The van der Waals surface area contributed by atoms with E-state index in [-0.39, 0.29) is 5.71 Å². The van der Waals surface area contributed by atoms with Crippen molar-refractivity contribution >= 4 is 23.3 Å². The fourth-order valence-corrected chi connectivity index (χ4v) is 1.46. The van der Waals surface area contributed by atoms with Gasteiger partial charge in [0.15, 0.2) is 0 Å². The van der Waals surface area contributed by atoms with Crippen LogP contribution in [0.4, 0.5) is 5.69 Å².